The van der Waals surface area contributed by atoms with Gasteiger partial charge in [-0.25, -0.2) is 0 Å². The van der Waals surface area contributed by atoms with Crippen LogP contribution in [0.1, 0.15) is 25.7 Å². The molecule has 16 heavy (non-hydrogen) atoms. The highest BCUT2D eigenvalue weighted by atomic mass is 16.4. The second kappa shape index (κ2) is 7.63. The van der Waals surface area contributed by atoms with Crippen molar-refractivity contribution in [2.75, 3.05) is 6.54 Å². The van der Waals surface area contributed by atoms with Crippen LogP contribution in [0.2, 0.25) is 0 Å². The molecule has 0 aromatic rings. The van der Waals surface area contributed by atoms with Gasteiger partial charge in [0, 0.05) is 13.0 Å². The molecule has 0 saturated carbocycles. The number of aliphatic carboxylic acids is 2. The Bertz CT molecular complexity index is 267. The molecule has 0 radical (unpaired) electrons. The lowest BCUT2D eigenvalue weighted by molar-refractivity contribution is -0.139. The van der Waals surface area contributed by atoms with Gasteiger partial charge in [0.25, 0.3) is 0 Å². The van der Waals surface area contributed by atoms with E-state index in [2.05, 4.69) is 5.32 Å². The molecule has 0 aliphatic carbocycles. The number of carbonyl (C=O) groups excluding carboxylic acids is 1. The first-order valence-corrected chi connectivity index (χ1v) is 4.90. The van der Waals surface area contributed by atoms with Crippen molar-refractivity contribution in [2.45, 2.75) is 31.7 Å². The van der Waals surface area contributed by atoms with Gasteiger partial charge in [0.05, 0.1) is 6.42 Å². The third-order valence-corrected chi connectivity index (χ3v) is 1.90. The van der Waals surface area contributed by atoms with Gasteiger partial charge in [-0.15, -0.1) is 0 Å². The van der Waals surface area contributed by atoms with E-state index in [4.69, 9.17) is 15.9 Å². The fourth-order valence-corrected chi connectivity index (χ4v) is 0.982. The van der Waals surface area contributed by atoms with Crippen molar-refractivity contribution in [3.8, 4) is 0 Å². The summed E-state index contributed by atoms with van der Waals surface area (Å²) in [4.78, 5) is 31.5. The molecular formula is C9H16N2O5. The van der Waals surface area contributed by atoms with Crippen LogP contribution in [0.4, 0.5) is 0 Å². The highest BCUT2D eigenvalue weighted by Crippen LogP contribution is 1.94. The van der Waals surface area contributed by atoms with Crippen molar-refractivity contribution in [1.82, 2.24) is 5.32 Å². The number of amides is 1. The van der Waals surface area contributed by atoms with Crippen molar-refractivity contribution in [1.29, 1.82) is 0 Å². The minimum Gasteiger partial charge on any atom is -0.481 e. The summed E-state index contributed by atoms with van der Waals surface area (Å²) in [6.07, 6.45) is 0.446. The lowest BCUT2D eigenvalue weighted by Crippen LogP contribution is -2.32. The molecule has 0 aromatic carbocycles. The average Bonchev–Trinajstić information content (AvgIpc) is 2.20. The van der Waals surface area contributed by atoms with Gasteiger partial charge in [-0.2, -0.15) is 0 Å². The SMILES string of the molecule is N[C@@H](CCCNC(=O)CCC(=O)O)C(=O)O. The van der Waals surface area contributed by atoms with E-state index in [1.165, 1.54) is 0 Å². The summed E-state index contributed by atoms with van der Waals surface area (Å²) in [5.41, 5.74) is 5.24. The molecule has 0 bridgehead atoms. The number of nitrogens with two attached hydrogens (primary N) is 1. The van der Waals surface area contributed by atoms with Gasteiger partial charge in [0.1, 0.15) is 6.04 Å². The van der Waals surface area contributed by atoms with E-state index >= 15 is 0 Å². The predicted octanol–water partition coefficient (Wildman–Crippen LogP) is -0.840. The summed E-state index contributed by atoms with van der Waals surface area (Å²) in [7, 11) is 0. The Kier molecular flexibility index (Phi) is 6.86. The standard InChI is InChI=1S/C9H16N2O5/c10-6(9(15)16)2-1-5-11-7(12)3-4-8(13)14/h6H,1-5,10H2,(H,11,12)(H,13,14)(H,15,16)/t6-/m0/s1. The third-order valence-electron chi connectivity index (χ3n) is 1.90. The quantitative estimate of drug-likeness (QED) is 0.404. The number of carbonyl (C=O) groups is 3. The first-order valence-electron chi connectivity index (χ1n) is 4.90. The molecule has 7 heteroatoms. The Hall–Kier alpha value is -1.63. The van der Waals surface area contributed by atoms with Crippen molar-refractivity contribution < 1.29 is 24.6 Å². The molecule has 0 fully saturated rings. The Morgan fingerprint density at radius 1 is 1.19 bits per heavy atom. The van der Waals surface area contributed by atoms with E-state index in [1.54, 1.807) is 0 Å². The van der Waals surface area contributed by atoms with E-state index in [1.807, 2.05) is 0 Å². The average molecular weight is 232 g/mol. The molecule has 0 spiro atoms. The minimum absolute atomic E-state index is 0.0691. The second-order valence-corrected chi connectivity index (χ2v) is 3.33. The van der Waals surface area contributed by atoms with E-state index in [9.17, 15) is 14.4 Å². The molecule has 0 aromatic heterocycles. The first-order chi connectivity index (χ1) is 7.43. The molecule has 0 aliphatic heterocycles. The van der Waals surface area contributed by atoms with Crippen LogP contribution in [0.15, 0.2) is 0 Å². The number of carboxylic acids is 2. The molecule has 5 N–H and O–H groups in total. The van der Waals surface area contributed by atoms with E-state index < -0.39 is 18.0 Å². The fourth-order valence-electron chi connectivity index (χ4n) is 0.982. The lowest BCUT2D eigenvalue weighted by Gasteiger charge is -2.06. The van der Waals surface area contributed by atoms with Crippen LogP contribution in [-0.4, -0.2) is 40.6 Å². The topological polar surface area (TPSA) is 130 Å². The normalized spacial score (nSPS) is 11.8. The summed E-state index contributed by atoms with van der Waals surface area (Å²) in [5.74, 6) is -2.45. The number of nitrogens with one attached hydrogen (secondary N) is 1. The molecular weight excluding hydrogens is 216 g/mol. The van der Waals surface area contributed by atoms with Crippen molar-refractivity contribution in [3.63, 3.8) is 0 Å². The zero-order valence-electron chi connectivity index (χ0n) is 8.81. The van der Waals surface area contributed by atoms with Crippen LogP contribution >= 0.6 is 0 Å². The van der Waals surface area contributed by atoms with Crippen molar-refractivity contribution in [2.24, 2.45) is 5.73 Å². The van der Waals surface area contributed by atoms with Gasteiger partial charge >= 0.3 is 11.9 Å². The Labute approximate surface area is 92.6 Å². The van der Waals surface area contributed by atoms with E-state index in [0.29, 0.717) is 13.0 Å². The molecule has 92 valence electrons. The van der Waals surface area contributed by atoms with Gasteiger partial charge in [0.2, 0.25) is 5.91 Å². The van der Waals surface area contributed by atoms with Crippen LogP contribution in [0.25, 0.3) is 0 Å². The Morgan fingerprint density at radius 3 is 2.31 bits per heavy atom. The van der Waals surface area contributed by atoms with Crippen molar-refractivity contribution >= 4 is 17.8 Å². The predicted molar refractivity (Wildman–Crippen MR) is 54.7 cm³/mol. The molecule has 1 atom stereocenters. The lowest BCUT2D eigenvalue weighted by atomic mass is 10.2. The molecule has 0 heterocycles. The Morgan fingerprint density at radius 2 is 1.81 bits per heavy atom. The summed E-state index contributed by atoms with van der Waals surface area (Å²) in [6.45, 7) is 0.305. The van der Waals surface area contributed by atoms with E-state index in [-0.39, 0.29) is 25.2 Å². The Balaban J connectivity index is 3.48. The minimum atomic E-state index is -1.07. The zero-order chi connectivity index (χ0) is 12.6. The van der Waals surface area contributed by atoms with Gasteiger partial charge in [-0.3, -0.25) is 14.4 Å². The monoisotopic (exact) mass is 232 g/mol. The summed E-state index contributed by atoms with van der Waals surface area (Å²) >= 11 is 0. The molecule has 1 amide bonds. The molecule has 0 rings (SSSR count). The van der Waals surface area contributed by atoms with Crippen LogP contribution in [0, 0.1) is 0 Å². The van der Waals surface area contributed by atoms with Crippen LogP contribution in [-0.2, 0) is 14.4 Å². The summed E-state index contributed by atoms with van der Waals surface area (Å²) < 4.78 is 0. The highest BCUT2D eigenvalue weighted by Gasteiger charge is 2.10. The van der Waals surface area contributed by atoms with Crippen LogP contribution in [0.3, 0.4) is 0 Å². The van der Waals surface area contributed by atoms with Gasteiger partial charge in [-0.05, 0) is 12.8 Å². The smallest absolute Gasteiger partial charge is 0.320 e. The van der Waals surface area contributed by atoms with E-state index in [0.717, 1.165) is 0 Å². The summed E-state index contributed by atoms with van der Waals surface area (Å²) in [6, 6.07) is -0.920. The number of hydrogen-bond donors (Lipinski definition) is 4. The highest BCUT2D eigenvalue weighted by molar-refractivity contribution is 5.80. The van der Waals surface area contributed by atoms with Crippen LogP contribution in [0.5, 0.6) is 0 Å². The molecule has 0 unspecified atom stereocenters. The molecule has 7 nitrogen and oxygen atoms in total. The maximum Gasteiger partial charge on any atom is 0.320 e. The largest absolute Gasteiger partial charge is 0.481 e. The third kappa shape index (κ3) is 7.74. The fraction of sp³-hybridized carbons (Fsp3) is 0.667. The first kappa shape index (κ1) is 14.4. The maximum atomic E-state index is 11.0. The number of carboxylic acid groups (broad SMARTS) is 2. The molecule has 0 saturated heterocycles. The van der Waals surface area contributed by atoms with Crippen molar-refractivity contribution in [3.05, 3.63) is 0 Å². The number of hydrogen-bond acceptors (Lipinski definition) is 4. The van der Waals surface area contributed by atoms with Crippen LogP contribution < -0.4 is 11.1 Å². The summed E-state index contributed by atoms with van der Waals surface area (Å²) in [5, 5.41) is 19.2. The second-order valence-electron chi connectivity index (χ2n) is 3.33. The molecule has 0 aliphatic rings. The maximum absolute atomic E-state index is 11.0. The van der Waals surface area contributed by atoms with Gasteiger partial charge in [0.15, 0.2) is 0 Å². The number of rotatable bonds is 8. The zero-order valence-corrected chi connectivity index (χ0v) is 8.81. The van der Waals surface area contributed by atoms with Gasteiger partial charge < -0.3 is 21.3 Å². The van der Waals surface area contributed by atoms with Gasteiger partial charge in [-0.1, -0.05) is 0 Å².